The smallest absolute Gasteiger partial charge is 0.238 e. The zero-order valence-electron chi connectivity index (χ0n) is 16.8. The molecule has 0 aliphatic carbocycles. The largest absolute Gasteiger partial charge is 0.301 e. The van der Waals surface area contributed by atoms with Crippen molar-refractivity contribution in [1.82, 2.24) is 19.1 Å². The molecule has 0 fully saturated rings. The first-order valence-corrected chi connectivity index (χ1v) is 11.6. The van der Waals surface area contributed by atoms with Crippen molar-refractivity contribution < 1.29 is 13.2 Å². The minimum absolute atomic E-state index is 0.0472. The predicted molar refractivity (Wildman–Crippen MR) is 115 cm³/mol. The molecule has 0 spiro atoms. The van der Waals surface area contributed by atoms with Crippen LogP contribution in [-0.2, 0) is 28.3 Å². The van der Waals surface area contributed by atoms with Crippen molar-refractivity contribution in [3.8, 4) is 5.82 Å². The van der Waals surface area contributed by atoms with Gasteiger partial charge in [-0.05, 0) is 37.6 Å². The van der Waals surface area contributed by atoms with Crippen LogP contribution in [0.15, 0.2) is 30.5 Å². The molecule has 2 heterocycles. The highest BCUT2D eigenvalue weighted by Crippen LogP contribution is 2.26. The molecule has 0 unspecified atom stereocenters. The molecule has 0 aliphatic rings. The quantitative estimate of drug-likeness (QED) is 0.547. The second kappa shape index (κ2) is 8.59. The van der Waals surface area contributed by atoms with Crippen molar-refractivity contribution in [2.24, 2.45) is 7.05 Å². The number of carbonyl (C=O) groups excluding carboxylic acids is 1. The number of amides is 1. The fourth-order valence-corrected chi connectivity index (χ4v) is 4.75. The molecule has 156 valence electrons. The topological polar surface area (TPSA) is 86.0 Å². The Hall–Kier alpha value is -2.32. The third-order valence-corrected chi connectivity index (χ3v) is 6.42. The Bertz CT molecular complexity index is 1150. The van der Waals surface area contributed by atoms with Crippen LogP contribution in [0.25, 0.3) is 16.7 Å². The van der Waals surface area contributed by atoms with Crippen LogP contribution in [0.4, 0.5) is 0 Å². The van der Waals surface area contributed by atoms with Gasteiger partial charge in [0.05, 0.1) is 23.4 Å². The van der Waals surface area contributed by atoms with E-state index in [0.29, 0.717) is 22.7 Å². The number of sulfonamides is 1. The molecule has 0 bridgehead atoms. The molecule has 3 rings (SSSR count). The maximum Gasteiger partial charge on any atom is 0.238 e. The molecule has 3 aromatic rings. The lowest BCUT2D eigenvalue weighted by Gasteiger charge is -2.11. The van der Waals surface area contributed by atoms with E-state index in [2.05, 4.69) is 9.82 Å². The lowest BCUT2D eigenvalue weighted by molar-refractivity contribution is -0.118. The van der Waals surface area contributed by atoms with Crippen LogP contribution in [0, 0.1) is 6.92 Å². The number of aromatic nitrogens is 3. The van der Waals surface area contributed by atoms with Crippen LogP contribution in [-0.4, -0.2) is 34.4 Å². The van der Waals surface area contributed by atoms with Crippen LogP contribution in [0.1, 0.15) is 37.4 Å². The molecule has 0 aliphatic heterocycles. The van der Waals surface area contributed by atoms with Gasteiger partial charge < -0.3 is 4.57 Å². The number of unbranched alkanes of at least 4 members (excludes halogenated alkanes) is 2. The fourth-order valence-electron chi connectivity index (χ4n) is 3.46. The average Bonchev–Trinajstić information content (AvgIpc) is 3.14. The molecule has 2 aromatic heterocycles. The first-order valence-electron chi connectivity index (χ1n) is 9.54. The second-order valence-electron chi connectivity index (χ2n) is 7.13. The fraction of sp³-hybridized carbons (Fsp3) is 0.400. The minimum atomic E-state index is -3.63. The number of rotatable bonds is 8. The van der Waals surface area contributed by atoms with Gasteiger partial charge in [-0.25, -0.2) is 8.42 Å². The summed E-state index contributed by atoms with van der Waals surface area (Å²) in [4.78, 5) is 12.5. The van der Waals surface area contributed by atoms with Gasteiger partial charge in [0.2, 0.25) is 15.9 Å². The van der Waals surface area contributed by atoms with E-state index in [1.807, 2.05) is 42.8 Å². The molecule has 1 amide bonds. The van der Waals surface area contributed by atoms with E-state index < -0.39 is 15.9 Å². The molecule has 7 nitrogen and oxygen atoms in total. The lowest BCUT2D eigenvalue weighted by atomic mass is 10.1. The zero-order valence-corrected chi connectivity index (χ0v) is 18.3. The third kappa shape index (κ3) is 4.82. The highest BCUT2D eigenvalue weighted by Gasteiger charge is 2.21. The Balaban J connectivity index is 1.88. The molecular weight excluding hydrogens is 412 g/mol. The predicted octanol–water partition coefficient (Wildman–Crippen LogP) is 3.50. The summed E-state index contributed by atoms with van der Waals surface area (Å²) >= 11 is 6.08. The molecule has 0 atom stereocenters. The van der Waals surface area contributed by atoms with Gasteiger partial charge in [0.15, 0.2) is 0 Å². The summed E-state index contributed by atoms with van der Waals surface area (Å²) in [5.41, 5.74) is 2.28. The van der Waals surface area contributed by atoms with Crippen LogP contribution >= 0.6 is 11.6 Å². The summed E-state index contributed by atoms with van der Waals surface area (Å²) < 4.78 is 30.1. The van der Waals surface area contributed by atoms with Crippen molar-refractivity contribution in [2.45, 2.75) is 39.5 Å². The number of aryl methyl sites for hydroxylation is 2. The molecular formula is C20H25ClN4O3S. The number of carbonyl (C=O) groups is 1. The van der Waals surface area contributed by atoms with Gasteiger partial charge in [-0.2, -0.15) is 5.10 Å². The van der Waals surface area contributed by atoms with Crippen molar-refractivity contribution in [1.29, 1.82) is 0 Å². The molecule has 1 N–H and O–H groups in total. The van der Waals surface area contributed by atoms with Crippen LogP contribution in [0.5, 0.6) is 0 Å². The van der Waals surface area contributed by atoms with E-state index in [9.17, 15) is 13.2 Å². The van der Waals surface area contributed by atoms with Gasteiger partial charge in [0.25, 0.3) is 0 Å². The highest BCUT2D eigenvalue weighted by molar-refractivity contribution is 7.90. The molecule has 9 heteroatoms. The number of hydrogen-bond donors (Lipinski definition) is 1. The lowest BCUT2D eigenvalue weighted by Crippen LogP contribution is -2.34. The van der Waals surface area contributed by atoms with E-state index in [1.54, 1.807) is 17.8 Å². The van der Waals surface area contributed by atoms with Crippen LogP contribution < -0.4 is 4.72 Å². The summed E-state index contributed by atoms with van der Waals surface area (Å²) in [6, 6.07) is 7.51. The normalized spacial score (nSPS) is 11.9. The standard InChI is InChI=1S/C20H25ClN4O3S/c1-4-5-6-11-29(27,28)23-19(26)13-17-14(2)22-24(3)20(17)25-10-9-15-12-16(21)7-8-18(15)25/h7-10,12H,4-6,11,13H2,1-3H3,(H,23,26). The minimum Gasteiger partial charge on any atom is -0.301 e. The summed E-state index contributed by atoms with van der Waals surface area (Å²) in [6.45, 7) is 3.81. The monoisotopic (exact) mass is 436 g/mol. The number of hydrogen-bond acceptors (Lipinski definition) is 4. The van der Waals surface area contributed by atoms with E-state index in [0.717, 1.165) is 29.6 Å². The first kappa shape index (κ1) is 21.4. The van der Waals surface area contributed by atoms with Crippen LogP contribution in [0.2, 0.25) is 5.02 Å². The summed E-state index contributed by atoms with van der Waals surface area (Å²) in [5, 5.41) is 6.05. The van der Waals surface area contributed by atoms with Gasteiger partial charge in [0.1, 0.15) is 5.82 Å². The number of benzene rings is 1. The van der Waals surface area contributed by atoms with E-state index in [1.165, 1.54) is 0 Å². The Morgan fingerprint density at radius 2 is 2.00 bits per heavy atom. The molecule has 1 aromatic carbocycles. The van der Waals surface area contributed by atoms with Gasteiger partial charge >= 0.3 is 0 Å². The van der Waals surface area contributed by atoms with Crippen molar-refractivity contribution >= 4 is 38.4 Å². The van der Waals surface area contributed by atoms with Gasteiger partial charge in [-0.1, -0.05) is 31.4 Å². The molecule has 29 heavy (non-hydrogen) atoms. The Kier molecular flexibility index (Phi) is 6.33. The Morgan fingerprint density at radius 1 is 1.24 bits per heavy atom. The van der Waals surface area contributed by atoms with Gasteiger partial charge in [-0.15, -0.1) is 0 Å². The number of nitrogens with zero attached hydrogens (tertiary/aromatic N) is 3. The molecule has 0 saturated heterocycles. The first-order chi connectivity index (χ1) is 13.7. The van der Waals surface area contributed by atoms with E-state index in [-0.39, 0.29) is 12.2 Å². The number of halogens is 1. The second-order valence-corrected chi connectivity index (χ2v) is 9.41. The Morgan fingerprint density at radius 3 is 2.72 bits per heavy atom. The maximum atomic E-state index is 12.5. The summed E-state index contributed by atoms with van der Waals surface area (Å²) in [5.74, 6) is 0.116. The summed E-state index contributed by atoms with van der Waals surface area (Å²) in [7, 11) is -1.83. The molecule has 0 radical (unpaired) electrons. The van der Waals surface area contributed by atoms with Gasteiger partial charge in [0, 0.05) is 29.2 Å². The van der Waals surface area contributed by atoms with Crippen LogP contribution in [0.3, 0.4) is 0 Å². The zero-order chi connectivity index (χ0) is 21.2. The van der Waals surface area contributed by atoms with Crippen molar-refractivity contribution in [3.05, 3.63) is 46.7 Å². The average molecular weight is 437 g/mol. The van der Waals surface area contributed by atoms with Crippen molar-refractivity contribution in [2.75, 3.05) is 5.75 Å². The Labute approximate surface area is 175 Å². The highest BCUT2D eigenvalue weighted by atomic mass is 35.5. The van der Waals surface area contributed by atoms with E-state index >= 15 is 0 Å². The molecule has 0 saturated carbocycles. The SMILES string of the molecule is CCCCCS(=O)(=O)NC(=O)Cc1c(C)nn(C)c1-n1ccc2cc(Cl)ccc21. The van der Waals surface area contributed by atoms with Gasteiger partial charge in [-0.3, -0.25) is 14.2 Å². The number of nitrogens with one attached hydrogen (secondary N) is 1. The number of fused-ring (bicyclic) bond motifs is 1. The van der Waals surface area contributed by atoms with Crippen molar-refractivity contribution in [3.63, 3.8) is 0 Å². The third-order valence-electron chi connectivity index (χ3n) is 4.82. The maximum absolute atomic E-state index is 12.5. The summed E-state index contributed by atoms with van der Waals surface area (Å²) in [6.07, 6.45) is 4.08. The van der Waals surface area contributed by atoms with E-state index in [4.69, 9.17) is 11.6 Å².